The van der Waals surface area contributed by atoms with Crippen LogP contribution in [0.1, 0.15) is 12.0 Å². The van der Waals surface area contributed by atoms with Crippen molar-refractivity contribution in [2.45, 2.75) is 24.0 Å². The molecule has 2 aromatic rings. The van der Waals surface area contributed by atoms with Crippen LogP contribution >= 0.6 is 22.6 Å². The molecule has 2 atom stereocenters. The van der Waals surface area contributed by atoms with Gasteiger partial charge in [0.05, 0.1) is 0 Å². The van der Waals surface area contributed by atoms with Gasteiger partial charge >= 0.3 is 166 Å². The van der Waals surface area contributed by atoms with E-state index < -0.39 is 6.10 Å². The number of hydrogen-bond acceptors (Lipinski definition) is 4. The molecule has 2 aliphatic rings. The summed E-state index contributed by atoms with van der Waals surface area (Å²) in [5.41, 5.74) is 1.01. The summed E-state index contributed by atoms with van der Waals surface area (Å²) >= 11 is 2.25. The van der Waals surface area contributed by atoms with Crippen molar-refractivity contribution >= 4 is 47.9 Å². The Balaban J connectivity index is 1.58. The third-order valence-electron chi connectivity index (χ3n) is 4.22. The van der Waals surface area contributed by atoms with Crippen molar-refractivity contribution in [3.05, 3.63) is 51.6 Å². The monoisotopic (exact) mass is 517 g/mol. The van der Waals surface area contributed by atoms with Crippen LogP contribution in [0.5, 0.6) is 11.5 Å². The number of aliphatic hydroxyl groups is 1. The van der Waals surface area contributed by atoms with Gasteiger partial charge in [0.2, 0.25) is 0 Å². The van der Waals surface area contributed by atoms with Crippen molar-refractivity contribution < 1.29 is 19.4 Å². The molecule has 1 N–H and O–H groups in total. The molecule has 7 heteroatoms. The van der Waals surface area contributed by atoms with E-state index in [0.29, 0.717) is 12.3 Å². The first kappa shape index (κ1) is 17.1. The fraction of sp³-hybridized carbons (Fsp3) is 0.278. The molecule has 130 valence electrons. The van der Waals surface area contributed by atoms with Crippen LogP contribution in [-0.4, -0.2) is 48.7 Å². The van der Waals surface area contributed by atoms with Crippen molar-refractivity contribution in [1.29, 1.82) is 0 Å². The van der Waals surface area contributed by atoms with E-state index in [1.54, 1.807) is 0 Å². The zero-order valence-corrected chi connectivity index (χ0v) is 17.1. The van der Waals surface area contributed by atoms with E-state index in [9.17, 15) is 9.90 Å². The molecule has 4 rings (SSSR count). The number of fused-ring (bicyclic) bond motifs is 1. The molecule has 0 aromatic heterocycles. The van der Waals surface area contributed by atoms with Gasteiger partial charge in [-0.05, 0) is 0 Å². The Morgan fingerprint density at radius 1 is 1.20 bits per heavy atom. The van der Waals surface area contributed by atoms with Crippen molar-refractivity contribution in [3.63, 3.8) is 0 Å². The number of hydrogen-bond donors (Lipinski definition) is 1. The second kappa shape index (κ2) is 7.15. The van der Waals surface area contributed by atoms with Crippen LogP contribution in [0.4, 0.5) is 0 Å². The molecule has 0 bridgehead atoms. The molecule has 2 aliphatic heterocycles. The maximum atomic E-state index is 12.5. The summed E-state index contributed by atoms with van der Waals surface area (Å²) in [7, 11) is 0. The summed E-state index contributed by atoms with van der Waals surface area (Å²) in [6.07, 6.45) is -0.417. The predicted molar refractivity (Wildman–Crippen MR) is 102 cm³/mol. The topological polar surface area (TPSA) is 59.0 Å². The van der Waals surface area contributed by atoms with Crippen LogP contribution in [0, 0.1) is 3.57 Å². The number of carbonyl (C=O) groups excluding carboxylic acids is 1. The Bertz CT molecular complexity index is 801. The molecule has 2 heterocycles. The van der Waals surface area contributed by atoms with Gasteiger partial charge in [-0.1, -0.05) is 0 Å². The van der Waals surface area contributed by atoms with Crippen molar-refractivity contribution in [1.82, 2.24) is 4.90 Å². The Labute approximate surface area is 165 Å². The molecule has 1 fully saturated rings. The number of rotatable bonds is 4. The summed E-state index contributed by atoms with van der Waals surface area (Å²) < 4.78 is 13.1. The molecular weight excluding hydrogens is 500 g/mol. The zero-order valence-electron chi connectivity index (χ0n) is 13.2. The minimum absolute atomic E-state index is 0.00349. The van der Waals surface area contributed by atoms with E-state index in [-0.39, 0.29) is 39.0 Å². The SMILES string of the molecule is O=C1C[C@H](O)[C@@H]([Se]c2ccccc2)N1Cc1cc2c(cc1I)OCO2. The Hall–Kier alpha value is -1.28. The number of nitrogens with zero attached hydrogens (tertiary/aromatic N) is 1. The van der Waals surface area contributed by atoms with Gasteiger partial charge in [0.25, 0.3) is 0 Å². The Morgan fingerprint density at radius 2 is 1.92 bits per heavy atom. The fourth-order valence-corrected chi connectivity index (χ4v) is 6.02. The fourth-order valence-electron chi connectivity index (χ4n) is 2.97. The van der Waals surface area contributed by atoms with Gasteiger partial charge < -0.3 is 0 Å². The molecule has 1 saturated heterocycles. The van der Waals surface area contributed by atoms with Gasteiger partial charge in [-0.15, -0.1) is 0 Å². The van der Waals surface area contributed by atoms with Crippen LogP contribution in [-0.2, 0) is 11.3 Å². The van der Waals surface area contributed by atoms with E-state index in [2.05, 4.69) is 34.7 Å². The van der Waals surface area contributed by atoms with E-state index in [1.165, 1.54) is 4.46 Å². The van der Waals surface area contributed by atoms with Crippen LogP contribution in [0.25, 0.3) is 0 Å². The van der Waals surface area contributed by atoms with Crippen LogP contribution in [0.15, 0.2) is 42.5 Å². The number of aliphatic hydroxyl groups excluding tert-OH is 1. The first-order chi connectivity index (χ1) is 12.1. The number of likely N-dealkylation sites (tertiary alicyclic amines) is 1. The number of halogens is 1. The predicted octanol–water partition coefficient (Wildman–Crippen LogP) is 1.47. The number of ether oxygens (including phenoxy) is 2. The summed E-state index contributed by atoms with van der Waals surface area (Å²) in [6.45, 7) is 0.708. The Morgan fingerprint density at radius 3 is 2.68 bits per heavy atom. The number of carbonyl (C=O) groups is 1. The summed E-state index contributed by atoms with van der Waals surface area (Å²) in [4.78, 5) is 14.1. The maximum absolute atomic E-state index is 12.5. The zero-order chi connectivity index (χ0) is 17.4. The average molecular weight is 516 g/mol. The molecule has 25 heavy (non-hydrogen) atoms. The molecular formula is C18H16INO4Se. The Kier molecular flexibility index (Phi) is 4.90. The molecule has 0 spiro atoms. The third kappa shape index (κ3) is 3.51. The van der Waals surface area contributed by atoms with Gasteiger partial charge in [0, 0.05) is 0 Å². The number of benzene rings is 2. The molecule has 1 amide bonds. The van der Waals surface area contributed by atoms with Gasteiger partial charge in [-0.3, -0.25) is 0 Å². The van der Waals surface area contributed by atoms with E-state index in [0.717, 1.165) is 14.9 Å². The van der Waals surface area contributed by atoms with Gasteiger partial charge in [-0.25, -0.2) is 0 Å². The molecule has 0 radical (unpaired) electrons. The van der Waals surface area contributed by atoms with Gasteiger partial charge in [0.1, 0.15) is 0 Å². The number of amides is 1. The third-order valence-corrected chi connectivity index (χ3v) is 8.07. The van der Waals surface area contributed by atoms with Crippen LogP contribution < -0.4 is 13.9 Å². The van der Waals surface area contributed by atoms with E-state index >= 15 is 0 Å². The van der Waals surface area contributed by atoms with Gasteiger partial charge in [-0.2, -0.15) is 0 Å². The average Bonchev–Trinajstić information content (AvgIpc) is 3.15. The van der Waals surface area contributed by atoms with Crippen molar-refractivity contribution in [2.75, 3.05) is 6.79 Å². The summed E-state index contributed by atoms with van der Waals surface area (Å²) in [5.74, 6) is 1.46. The van der Waals surface area contributed by atoms with E-state index in [4.69, 9.17) is 9.47 Å². The molecule has 0 unspecified atom stereocenters. The van der Waals surface area contributed by atoms with Crippen molar-refractivity contribution in [2.24, 2.45) is 0 Å². The van der Waals surface area contributed by atoms with Gasteiger partial charge in [0.15, 0.2) is 0 Å². The first-order valence-electron chi connectivity index (χ1n) is 7.89. The first-order valence-corrected chi connectivity index (χ1v) is 10.8. The van der Waals surface area contributed by atoms with Crippen LogP contribution in [0.3, 0.4) is 0 Å². The van der Waals surface area contributed by atoms with E-state index in [1.807, 2.05) is 35.2 Å². The summed E-state index contributed by atoms with van der Waals surface area (Å²) in [5, 5.41) is 10.4. The second-order valence-corrected chi connectivity index (χ2v) is 9.57. The molecule has 5 nitrogen and oxygen atoms in total. The second-order valence-electron chi connectivity index (χ2n) is 5.91. The van der Waals surface area contributed by atoms with Crippen molar-refractivity contribution in [3.8, 4) is 11.5 Å². The molecule has 0 saturated carbocycles. The molecule has 0 aliphatic carbocycles. The standard InChI is InChI=1S/C18H16INO4Se/c19-13-7-16-15(23-10-24-16)6-11(13)9-20-17(22)8-14(21)18(20)25-12-4-2-1-3-5-12/h1-7,14,18,21H,8-10H2/t14-,18+/m0/s1. The summed E-state index contributed by atoms with van der Waals surface area (Å²) in [6, 6.07) is 13.9. The normalized spacial score (nSPS) is 21.8. The minimum atomic E-state index is -0.612. The molecule has 2 aromatic carbocycles. The quantitative estimate of drug-likeness (QED) is 0.495. The van der Waals surface area contributed by atoms with Crippen LogP contribution in [0.2, 0.25) is 0 Å².